The molecule has 2 aromatic carbocycles. The second-order valence-corrected chi connectivity index (χ2v) is 7.84. The maximum Gasteiger partial charge on any atom is 0.211 e. The Morgan fingerprint density at radius 2 is 1.90 bits per heavy atom. The van der Waals surface area contributed by atoms with E-state index in [1.165, 1.54) is 16.7 Å². The standard InChI is InChI=1S/C25H22N4O/c1-15-23-18-7-3-2-6-16(18)10-12-20(23)28-24(27-15)17-11-13-21(26-14-17)25-29-19-8-4-5-9-22(19)30-25/h2-13,20,25-26,29H,14H2,1H3,(H,27,28). The number of benzene rings is 2. The van der Waals surface area contributed by atoms with E-state index in [0.717, 1.165) is 34.2 Å². The first-order valence-electron chi connectivity index (χ1n) is 10.3. The maximum absolute atomic E-state index is 6.01. The third-order valence-electron chi connectivity index (χ3n) is 5.94. The largest absolute Gasteiger partial charge is 0.463 e. The number of anilines is 1. The Labute approximate surface area is 175 Å². The summed E-state index contributed by atoms with van der Waals surface area (Å²) in [7, 11) is 0. The van der Waals surface area contributed by atoms with Crippen molar-refractivity contribution in [1.82, 2.24) is 10.6 Å². The Kier molecular flexibility index (Phi) is 3.81. The van der Waals surface area contributed by atoms with E-state index in [1.807, 2.05) is 24.3 Å². The number of hydrogen-bond donors (Lipinski definition) is 3. The molecule has 2 unspecified atom stereocenters. The number of aliphatic imine (C=N–C) groups is 1. The number of hydrogen-bond acceptors (Lipinski definition) is 5. The minimum Gasteiger partial charge on any atom is -0.463 e. The average molecular weight is 394 g/mol. The lowest BCUT2D eigenvalue weighted by atomic mass is 9.87. The molecule has 2 aromatic rings. The number of rotatable bonds is 2. The lowest BCUT2D eigenvalue weighted by molar-refractivity contribution is 0.280. The van der Waals surface area contributed by atoms with Crippen LogP contribution < -0.4 is 20.7 Å². The van der Waals surface area contributed by atoms with E-state index in [2.05, 4.69) is 71.4 Å². The van der Waals surface area contributed by atoms with E-state index in [1.54, 1.807) is 0 Å². The molecule has 3 N–H and O–H groups in total. The maximum atomic E-state index is 6.01. The van der Waals surface area contributed by atoms with Gasteiger partial charge in [0, 0.05) is 23.4 Å². The molecule has 3 heterocycles. The normalized spacial score (nSPS) is 23.4. The van der Waals surface area contributed by atoms with Crippen molar-refractivity contribution < 1.29 is 4.74 Å². The first-order chi connectivity index (χ1) is 14.8. The monoisotopic (exact) mass is 394 g/mol. The number of allylic oxidation sites excluding steroid dienone is 3. The van der Waals surface area contributed by atoms with Gasteiger partial charge in [-0.15, -0.1) is 0 Å². The number of para-hydroxylation sites is 2. The first kappa shape index (κ1) is 17.2. The number of amidine groups is 1. The van der Waals surface area contributed by atoms with Gasteiger partial charge in [0.1, 0.15) is 11.6 Å². The zero-order valence-electron chi connectivity index (χ0n) is 16.6. The number of nitrogens with one attached hydrogen (secondary N) is 3. The van der Waals surface area contributed by atoms with Crippen molar-refractivity contribution in [3.63, 3.8) is 0 Å². The van der Waals surface area contributed by atoms with E-state index in [-0.39, 0.29) is 12.3 Å². The van der Waals surface area contributed by atoms with Crippen molar-refractivity contribution in [2.45, 2.75) is 19.2 Å². The molecule has 0 aromatic heterocycles. The third kappa shape index (κ3) is 2.74. The summed E-state index contributed by atoms with van der Waals surface area (Å²) in [6.07, 6.45) is 8.38. The van der Waals surface area contributed by atoms with E-state index < -0.39 is 0 Å². The number of nitrogens with zero attached hydrogens (tertiary/aromatic N) is 1. The highest BCUT2D eigenvalue weighted by atomic mass is 16.5. The second-order valence-electron chi connectivity index (χ2n) is 7.84. The summed E-state index contributed by atoms with van der Waals surface area (Å²) in [5.74, 6) is 1.81. The van der Waals surface area contributed by atoms with E-state index in [9.17, 15) is 0 Å². The van der Waals surface area contributed by atoms with Crippen LogP contribution in [0.4, 0.5) is 5.69 Å². The number of dihydropyridines is 1. The lowest BCUT2D eigenvalue weighted by Crippen LogP contribution is -2.39. The predicted octanol–water partition coefficient (Wildman–Crippen LogP) is 4.06. The highest BCUT2D eigenvalue weighted by Crippen LogP contribution is 2.35. The third-order valence-corrected chi connectivity index (χ3v) is 5.94. The van der Waals surface area contributed by atoms with Gasteiger partial charge in [-0.05, 0) is 36.3 Å². The Morgan fingerprint density at radius 1 is 1.03 bits per heavy atom. The first-order valence-corrected chi connectivity index (χ1v) is 10.3. The smallest absolute Gasteiger partial charge is 0.211 e. The van der Waals surface area contributed by atoms with Crippen LogP contribution in [0.2, 0.25) is 0 Å². The summed E-state index contributed by atoms with van der Waals surface area (Å²) in [4.78, 5) is 5.01. The average Bonchev–Trinajstić information content (AvgIpc) is 3.23. The van der Waals surface area contributed by atoms with Gasteiger partial charge in [-0.2, -0.15) is 0 Å². The molecule has 0 bridgehead atoms. The predicted molar refractivity (Wildman–Crippen MR) is 121 cm³/mol. The fraction of sp³-hybridized carbons (Fsp3) is 0.160. The summed E-state index contributed by atoms with van der Waals surface area (Å²) < 4.78 is 6.01. The second kappa shape index (κ2) is 6.66. The zero-order chi connectivity index (χ0) is 20.1. The van der Waals surface area contributed by atoms with Gasteiger partial charge in [-0.25, -0.2) is 0 Å². The van der Waals surface area contributed by atoms with Gasteiger partial charge in [0.05, 0.1) is 17.4 Å². The van der Waals surface area contributed by atoms with Gasteiger partial charge in [-0.3, -0.25) is 4.99 Å². The molecule has 0 spiro atoms. The highest BCUT2D eigenvalue weighted by molar-refractivity contribution is 6.04. The van der Waals surface area contributed by atoms with E-state index >= 15 is 0 Å². The summed E-state index contributed by atoms with van der Waals surface area (Å²) in [5.41, 5.74) is 8.12. The van der Waals surface area contributed by atoms with E-state index in [4.69, 9.17) is 9.73 Å². The van der Waals surface area contributed by atoms with Crippen molar-refractivity contribution >= 4 is 23.2 Å². The Bertz CT molecular complexity index is 1180. The number of fused-ring (bicyclic) bond motifs is 4. The van der Waals surface area contributed by atoms with Crippen LogP contribution in [0.5, 0.6) is 5.75 Å². The van der Waals surface area contributed by atoms with Crippen molar-refractivity contribution in [2.75, 3.05) is 11.9 Å². The quantitative estimate of drug-likeness (QED) is 0.719. The topological polar surface area (TPSA) is 57.7 Å². The Morgan fingerprint density at radius 3 is 2.77 bits per heavy atom. The summed E-state index contributed by atoms with van der Waals surface area (Å²) in [6, 6.07) is 16.6. The van der Waals surface area contributed by atoms with Crippen LogP contribution in [0.15, 0.2) is 88.7 Å². The van der Waals surface area contributed by atoms with Crippen LogP contribution in [0.25, 0.3) is 11.6 Å². The van der Waals surface area contributed by atoms with Crippen LogP contribution in [-0.4, -0.2) is 24.7 Å². The summed E-state index contributed by atoms with van der Waals surface area (Å²) in [5, 5.41) is 10.4. The molecule has 5 heteroatoms. The van der Waals surface area contributed by atoms with Gasteiger partial charge < -0.3 is 20.7 Å². The SMILES string of the molecule is CC1=C2c3ccccc3C=CC2N=C(C2=CC=C(C3Nc4ccccc4O3)NC2)N1. The lowest BCUT2D eigenvalue weighted by Gasteiger charge is -2.30. The molecule has 0 amide bonds. The molecule has 4 aliphatic rings. The summed E-state index contributed by atoms with van der Waals surface area (Å²) >= 11 is 0. The van der Waals surface area contributed by atoms with Crippen LogP contribution in [0, 0.1) is 0 Å². The van der Waals surface area contributed by atoms with Crippen molar-refractivity contribution in [1.29, 1.82) is 0 Å². The summed E-state index contributed by atoms with van der Waals surface area (Å²) in [6.45, 7) is 2.84. The van der Waals surface area contributed by atoms with Gasteiger partial charge in [-0.1, -0.05) is 54.6 Å². The molecule has 0 radical (unpaired) electrons. The molecular weight excluding hydrogens is 372 g/mol. The fourth-order valence-corrected chi connectivity index (χ4v) is 4.42. The molecule has 3 aliphatic heterocycles. The van der Waals surface area contributed by atoms with Crippen molar-refractivity contribution in [2.24, 2.45) is 4.99 Å². The zero-order valence-corrected chi connectivity index (χ0v) is 16.6. The molecule has 6 rings (SSSR count). The molecule has 0 saturated heterocycles. The molecule has 30 heavy (non-hydrogen) atoms. The van der Waals surface area contributed by atoms with Crippen molar-refractivity contribution in [3.8, 4) is 5.75 Å². The minimum absolute atomic E-state index is 0.0526. The van der Waals surface area contributed by atoms with Crippen LogP contribution in [0.1, 0.15) is 18.1 Å². The van der Waals surface area contributed by atoms with Crippen molar-refractivity contribution in [3.05, 3.63) is 94.9 Å². The molecule has 0 fully saturated rings. The fourth-order valence-electron chi connectivity index (χ4n) is 4.42. The molecule has 1 aliphatic carbocycles. The molecule has 2 atom stereocenters. The van der Waals surface area contributed by atoms with Gasteiger partial charge in [0.25, 0.3) is 0 Å². The highest BCUT2D eigenvalue weighted by Gasteiger charge is 2.29. The van der Waals surface area contributed by atoms with E-state index in [0.29, 0.717) is 6.54 Å². The number of ether oxygens (including phenoxy) is 1. The molecule has 0 saturated carbocycles. The van der Waals surface area contributed by atoms with Gasteiger partial charge >= 0.3 is 0 Å². The molecule has 5 nitrogen and oxygen atoms in total. The Hall–Kier alpha value is -3.73. The van der Waals surface area contributed by atoms with Crippen LogP contribution >= 0.6 is 0 Å². The molecule has 148 valence electrons. The van der Waals surface area contributed by atoms with Crippen LogP contribution in [0.3, 0.4) is 0 Å². The Balaban J connectivity index is 1.25. The van der Waals surface area contributed by atoms with Crippen LogP contribution in [-0.2, 0) is 0 Å². The molecular formula is C25H22N4O. The van der Waals surface area contributed by atoms with Gasteiger partial charge in [0.2, 0.25) is 6.23 Å². The minimum atomic E-state index is -0.188. The van der Waals surface area contributed by atoms with Gasteiger partial charge in [0.15, 0.2) is 0 Å².